The number of esters is 1. The number of H-pyrrole nitrogens is 1. The molecule has 0 aromatic carbocycles. The summed E-state index contributed by atoms with van der Waals surface area (Å²) in [5.74, 6) is -0.546. The Kier molecular flexibility index (Phi) is 4.79. The lowest BCUT2D eigenvalue weighted by molar-refractivity contribution is 0.0499. The van der Waals surface area contributed by atoms with Crippen molar-refractivity contribution in [2.75, 3.05) is 32.9 Å². The quantitative estimate of drug-likeness (QED) is 0.805. The molecule has 1 aromatic rings. The number of rotatable bonds is 5. The Hall–Kier alpha value is -1.38. The molecular formula is C12H18N2O5S. The number of ether oxygens (including phenoxy) is 2. The molecule has 1 aliphatic heterocycles. The Morgan fingerprint density at radius 1 is 1.45 bits per heavy atom. The lowest BCUT2D eigenvalue weighted by atomic mass is 10.4. The van der Waals surface area contributed by atoms with E-state index in [1.54, 1.807) is 0 Å². The molecule has 0 amide bonds. The zero-order chi connectivity index (χ0) is 14.6. The average molecular weight is 302 g/mol. The van der Waals surface area contributed by atoms with Crippen LogP contribution in [0.3, 0.4) is 0 Å². The number of nitrogens with one attached hydrogen (secondary N) is 1. The van der Waals surface area contributed by atoms with E-state index >= 15 is 0 Å². The number of carbonyl (C=O) groups excluding carboxylic acids is 1. The van der Waals surface area contributed by atoms with Crippen molar-refractivity contribution < 1.29 is 22.7 Å². The minimum Gasteiger partial charge on any atom is -0.461 e. The topological polar surface area (TPSA) is 88.7 Å². The molecule has 20 heavy (non-hydrogen) atoms. The van der Waals surface area contributed by atoms with E-state index in [4.69, 9.17) is 9.47 Å². The first-order valence-corrected chi connectivity index (χ1v) is 7.93. The van der Waals surface area contributed by atoms with Gasteiger partial charge in [-0.25, -0.2) is 13.2 Å². The minimum absolute atomic E-state index is 0.0721. The van der Waals surface area contributed by atoms with Gasteiger partial charge in [-0.2, -0.15) is 4.31 Å². The Morgan fingerprint density at radius 3 is 2.80 bits per heavy atom. The van der Waals surface area contributed by atoms with Crippen LogP contribution in [0.25, 0.3) is 0 Å². The van der Waals surface area contributed by atoms with Gasteiger partial charge in [0.1, 0.15) is 10.6 Å². The molecule has 0 saturated carbocycles. The lowest BCUT2D eigenvalue weighted by Gasteiger charge is -2.25. The van der Waals surface area contributed by atoms with Crippen LogP contribution < -0.4 is 0 Å². The normalized spacial score (nSPS) is 17.1. The van der Waals surface area contributed by atoms with E-state index in [1.807, 2.05) is 6.92 Å². The molecule has 7 nitrogen and oxygen atoms in total. The maximum atomic E-state index is 12.3. The van der Waals surface area contributed by atoms with Crippen LogP contribution >= 0.6 is 0 Å². The molecule has 2 heterocycles. The molecule has 0 bridgehead atoms. The maximum absolute atomic E-state index is 12.3. The molecule has 0 aliphatic carbocycles. The van der Waals surface area contributed by atoms with E-state index in [1.165, 1.54) is 16.6 Å². The predicted octanol–water partition coefficient (Wildman–Crippen LogP) is 0.602. The average Bonchev–Trinajstić information content (AvgIpc) is 2.96. The van der Waals surface area contributed by atoms with Crippen molar-refractivity contribution in [3.05, 3.63) is 18.0 Å². The third kappa shape index (κ3) is 3.20. The highest BCUT2D eigenvalue weighted by Crippen LogP contribution is 2.18. The summed E-state index contributed by atoms with van der Waals surface area (Å²) in [6.07, 6.45) is 2.03. The van der Waals surface area contributed by atoms with Crippen molar-refractivity contribution in [3.63, 3.8) is 0 Å². The second-order valence-corrected chi connectivity index (χ2v) is 6.34. The van der Waals surface area contributed by atoms with Gasteiger partial charge in [0.15, 0.2) is 0 Å². The summed E-state index contributed by atoms with van der Waals surface area (Å²) < 4.78 is 36.1. The highest BCUT2D eigenvalue weighted by Gasteiger charge is 2.28. The molecule has 0 radical (unpaired) electrons. The van der Waals surface area contributed by atoms with Crippen LogP contribution in [-0.4, -0.2) is 56.6 Å². The zero-order valence-electron chi connectivity index (χ0n) is 11.3. The molecule has 1 N–H and O–H groups in total. The predicted molar refractivity (Wildman–Crippen MR) is 70.9 cm³/mol. The number of sulfonamides is 1. The van der Waals surface area contributed by atoms with E-state index < -0.39 is 16.0 Å². The number of nitrogens with zero attached hydrogens (tertiary/aromatic N) is 1. The van der Waals surface area contributed by atoms with Crippen LogP contribution in [0.1, 0.15) is 23.8 Å². The van der Waals surface area contributed by atoms with Crippen LogP contribution in [0.15, 0.2) is 17.2 Å². The van der Waals surface area contributed by atoms with Crippen LogP contribution in [0.2, 0.25) is 0 Å². The molecule has 2 rings (SSSR count). The van der Waals surface area contributed by atoms with Crippen molar-refractivity contribution in [1.29, 1.82) is 0 Å². The summed E-state index contributed by atoms with van der Waals surface area (Å²) in [6, 6.07) is 1.31. The smallest absolute Gasteiger partial charge is 0.354 e. The number of aromatic amines is 1. The van der Waals surface area contributed by atoms with Gasteiger partial charge < -0.3 is 14.5 Å². The number of aromatic nitrogens is 1. The van der Waals surface area contributed by atoms with Crippen LogP contribution in [-0.2, 0) is 19.5 Å². The number of carbonyl (C=O) groups is 1. The molecule has 1 aliphatic rings. The molecule has 1 fully saturated rings. The Balaban J connectivity index is 2.13. The molecule has 112 valence electrons. The van der Waals surface area contributed by atoms with Crippen LogP contribution in [0, 0.1) is 0 Å². The highest BCUT2D eigenvalue weighted by atomic mass is 32.2. The molecule has 0 unspecified atom stereocenters. The highest BCUT2D eigenvalue weighted by molar-refractivity contribution is 7.89. The lowest BCUT2D eigenvalue weighted by Crippen LogP contribution is -2.40. The summed E-state index contributed by atoms with van der Waals surface area (Å²) >= 11 is 0. The van der Waals surface area contributed by atoms with Crippen LogP contribution in [0.4, 0.5) is 0 Å². The van der Waals surface area contributed by atoms with Crippen molar-refractivity contribution >= 4 is 16.0 Å². The van der Waals surface area contributed by atoms with E-state index in [-0.39, 0.29) is 10.6 Å². The van der Waals surface area contributed by atoms with Crippen molar-refractivity contribution in [3.8, 4) is 0 Å². The molecule has 0 spiro atoms. The van der Waals surface area contributed by atoms with Crippen molar-refractivity contribution in [2.24, 2.45) is 0 Å². The zero-order valence-corrected chi connectivity index (χ0v) is 12.1. The molecule has 0 atom stereocenters. The van der Waals surface area contributed by atoms with Gasteiger partial charge in [-0.05, 0) is 12.5 Å². The Labute approximate surface area is 117 Å². The van der Waals surface area contributed by atoms with Gasteiger partial charge in [-0.15, -0.1) is 0 Å². The van der Waals surface area contributed by atoms with E-state index in [0.29, 0.717) is 39.3 Å². The minimum atomic E-state index is -3.58. The first-order chi connectivity index (χ1) is 9.55. The van der Waals surface area contributed by atoms with Gasteiger partial charge >= 0.3 is 5.97 Å². The Bertz CT molecular complexity index is 560. The second kappa shape index (κ2) is 6.38. The van der Waals surface area contributed by atoms with Gasteiger partial charge in [0.25, 0.3) is 0 Å². The molecular weight excluding hydrogens is 284 g/mol. The van der Waals surface area contributed by atoms with Gasteiger partial charge in [0.2, 0.25) is 10.0 Å². The summed E-state index contributed by atoms with van der Waals surface area (Å²) in [6.45, 7) is 3.61. The fourth-order valence-corrected chi connectivity index (χ4v) is 3.25. The first-order valence-electron chi connectivity index (χ1n) is 6.49. The first kappa shape index (κ1) is 15.0. The number of hydrogen-bond donors (Lipinski definition) is 1. The molecule has 1 aromatic heterocycles. The molecule has 8 heteroatoms. The largest absolute Gasteiger partial charge is 0.461 e. The summed E-state index contributed by atoms with van der Waals surface area (Å²) in [5.41, 5.74) is 0.144. The van der Waals surface area contributed by atoms with E-state index in [9.17, 15) is 13.2 Å². The second-order valence-electron chi connectivity index (χ2n) is 4.40. The third-order valence-electron chi connectivity index (χ3n) is 2.92. The fraction of sp³-hybridized carbons (Fsp3) is 0.583. The van der Waals surface area contributed by atoms with E-state index in [0.717, 1.165) is 0 Å². The van der Waals surface area contributed by atoms with Gasteiger partial charge in [0, 0.05) is 19.3 Å². The number of hydrogen-bond acceptors (Lipinski definition) is 5. The standard InChI is InChI=1S/C12H18N2O5S/c1-2-5-19-12(15)11-8-10(9-13-11)20(16,17)14-3-6-18-7-4-14/h8-9,13H,2-7H2,1H3. The molecule has 1 saturated heterocycles. The van der Waals surface area contributed by atoms with Gasteiger partial charge in [0.05, 0.1) is 19.8 Å². The Morgan fingerprint density at radius 2 is 2.15 bits per heavy atom. The summed E-state index contributed by atoms with van der Waals surface area (Å²) in [4.78, 5) is 14.4. The third-order valence-corrected chi connectivity index (χ3v) is 4.80. The van der Waals surface area contributed by atoms with Crippen molar-refractivity contribution in [1.82, 2.24) is 9.29 Å². The SMILES string of the molecule is CCCOC(=O)c1cc(S(=O)(=O)N2CCOCC2)c[nH]1. The van der Waals surface area contributed by atoms with E-state index in [2.05, 4.69) is 4.98 Å². The fourth-order valence-electron chi connectivity index (χ4n) is 1.85. The van der Waals surface area contributed by atoms with Crippen LogP contribution in [0.5, 0.6) is 0 Å². The van der Waals surface area contributed by atoms with Gasteiger partial charge in [-0.3, -0.25) is 0 Å². The summed E-state index contributed by atoms with van der Waals surface area (Å²) in [5, 5.41) is 0. The number of morpholine rings is 1. The monoisotopic (exact) mass is 302 g/mol. The van der Waals surface area contributed by atoms with Crippen molar-refractivity contribution in [2.45, 2.75) is 18.2 Å². The summed E-state index contributed by atoms with van der Waals surface area (Å²) in [7, 11) is -3.58. The van der Waals surface area contributed by atoms with Gasteiger partial charge in [-0.1, -0.05) is 6.92 Å². The maximum Gasteiger partial charge on any atom is 0.354 e.